The van der Waals surface area contributed by atoms with Crippen molar-refractivity contribution in [1.29, 1.82) is 0 Å². The van der Waals surface area contributed by atoms with E-state index in [9.17, 15) is 0 Å². The summed E-state index contributed by atoms with van der Waals surface area (Å²) in [4.78, 5) is 2.53. The number of nitrogens with one attached hydrogen (secondary N) is 1. The second-order valence-corrected chi connectivity index (χ2v) is 7.01. The van der Waals surface area contributed by atoms with Crippen LogP contribution < -0.4 is 5.32 Å². The van der Waals surface area contributed by atoms with Crippen LogP contribution in [0.4, 0.5) is 0 Å². The maximum atomic E-state index is 5.93. The van der Waals surface area contributed by atoms with Crippen LogP contribution in [0.1, 0.15) is 44.1 Å². The van der Waals surface area contributed by atoms with E-state index in [1.165, 1.54) is 31.2 Å². The molecule has 20 heavy (non-hydrogen) atoms. The Bertz CT molecular complexity index is 435. The Hall–Kier alpha value is -0.570. The summed E-state index contributed by atoms with van der Waals surface area (Å²) >= 11 is 5.93. The van der Waals surface area contributed by atoms with Gasteiger partial charge in [-0.2, -0.15) is 0 Å². The van der Waals surface area contributed by atoms with Gasteiger partial charge in [-0.15, -0.1) is 0 Å². The van der Waals surface area contributed by atoms with Gasteiger partial charge in [-0.1, -0.05) is 23.7 Å². The molecule has 3 rings (SSSR count). The first-order valence-corrected chi connectivity index (χ1v) is 8.22. The topological polar surface area (TPSA) is 15.3 Å². The van der Waals surface area contributed by atoms with Crippen LogP contribution in [0.3, 0.4) is 0 Å². The van der Waals surface area contributed by atoms with Crippen LogP contribution >= 0.6 is 11.6 Å². The zero-order valence-electron chi connectivity index (χ0n) is 12.5. The molecular weight excluding hydrogens is 268 g/mol. The van der Waals surface area contributed by atoms with Crippen LogP contribution in [0.2, 0.25) is 5.02 Å². The largest absolute Gasteiger partial charge is 0.312 e. The molecule has 1 unspecified atom stereocenters. The van der Waals surface area contributed by atoms with E-state index in [0.29, 0.717) is 12.1 Å². The second kappa shape index (κ2) is 6.05. The van der Waals surface area contributed by atoms with Gasteiger partial charge in [0.25, 0.3) is 0 Å². The van der Waals surface area contributed by atoms with Gasteiger partial charge in [0.2, 0.25) is 0 Å². The van der Waals surface area contributed by atoms with Gasteiger partial charge >= 0.3 is 0 Å². The number of likely N-dealkylation sites (N-methyl/N-ethyl adjacent to an activating group) is 1. The fraction of sp³-hybridized carbons (Fsp3) is 0.647. The molecule has 2 saturated carbocycles. The summed E-state index contributed by atoms with van der Waals surface area (Å²) in [5.74, 6) is 0.723. The summed E-state index contributed by atoms with van der Waals surface area (Å²) in [5, 5.41) is 4.56. The fourth-order valence-electron chi connectivity index (χ4n) is 3.11. The van der Waals surface area contributed by atoms with Crippen molar-refractivity contribution in [2.24, 2.45) is 0 Å². The molecule has 0 radical (unpaired) electrons. The van der Waals surface area contributed by atoms with Crippen molar-refractivity contribution in [3.8, 4) is 0 Å². The number of benzene rings is 1. The van der Waals surface area contributed by atoms with Gasteiger partial charge in [0.1, 0.15) is 0 Å². The number of nitrogens with zero attached hydrogens (tertiary/aromatic N) is 1. The van der Waals surface area contributed by atoms with Crippen LogP contribution in [0.25, 0.3) is 0 Å². The third-order valence-corrected chi connectivity index (χ3v) is 5.25. The minimum absolute atomic E-state index is 0.650. The Morgan fingerprint density at radius 1 is 1.25 bits per heavy atom. The lowest BCUT2D eigenvalue weighted by molar-refractivity contribution is 0.213. The second-order valence-electron chi connectivity index (χ2n) is 6.57. The SMILES string of the molecule is CC(CNC1CC(c2ccc(Cl)cc2)C1)N(C)C1CC1. The Labute approximate surface area is 127 Å². The molecule has 1 atom stereocenters. The molecule has 0 spiro atoms. The summed E-state index contributed by atoms with van der Waals surface area (Å²) in [5.41, 5.74) is 1.44. The molecule has 2 fully saturated rings. The van der Waals surface area contributed by atoms with Gasteiger partial charge in [0.05, 0.1) is 0 Å². The fourth-order valence-corrected chi connectivity index (χ4v) is 3.24. The molecule has 1 aromatic rings. The van der Waals surface area contributed by atoms with Crippen molar-refractivity contribution >= 4 is 11.6 Å². The Morgan fingerprint density at radius 2 is 1.90 bits per heavy atom. The molecule has 0 saturated heterocycles. The lowest BCUT2D eigenvalue weighted by Crippen LogP contribution is -2.46. The van der Waals surface area contributed by atoms with Crippen LogP contribution in [-0.4, -0.2) is 36.6 Å². The molecule has 0 bridgehead atoms. The highest BCUT2D eigenvalue weighted by Gasteiger charge is 2.32. The molecular formula is C17H25ClN2. The van der Waals surface area contributed by atoms with E-state index in [0.717, 1.165) is 23.5 Å². The normalized spacial score (nSPS) is 27.4. The molecule has 0 aliphatic heterocycles. The van der Waals surface area contributed by atoms with Gasteiger partial charge in [0, 0.05) is 29.7 Å². The van der Waals surface area contributed by atoms with E-state index in [1.54, 1.807) is 0 Å². The Kier molecular flexibility index (Phi) is 4.34. The quantitative estimate of drug-likeness (QED) is 0.861. The van der Waals surface area contributed by atoms with Crippen molar-refractivity contribution < 1.29 is 0 Å². The molecule has 0 heterocycles. The van der Waals surface area contributed by atoms with Crippen LogP contribution in [0, 0.1) is 0 Å². The van der Waals surface area contributed by atoms with E-state index in [2.05, 4.69) is 36.3 Å². The average molecular weight is 293 g/mol. The number of rotatable bonds is 6. The molecule has 0 aromatic heterocycles. The lowest BCUT2D eigenvalue weighted by atomic mass is 9.76. The summed E-state index contributed by atoms with van der Waals surface area (Å²) in [6.07, 6.45) is 5.31. The van der Waals surface area contributed by atoms with Crippen molar-refractivity contribution in [2.45, 2.75) is 56.7 Å². The molecule has 0 amide bonds. The van der Waals surface area contributed by atoms with Crippen LogP contribution in [0.5, 0.6) is 0 Å². The van der Waals surface area contributed by atoms with Gasteiger partial charge in [-0.25, -0.2) is 0 Å². The average Bonchev–Trinajstić information content (AvgIpc) is 3.22. The predicted molar refractivity (Wildman–Crippen MR) is 85.5 cm³/mol. The van der Waals surface area contributed by atoms with Gasteiger partial charge < -0.3 is 5.32 Å². The maximum Gasteiger partial charge on any atom is 0.0406 e. The standard InChI is InChI=1S/C17H25ClN2/c1-12(20(2)17-7-8-17)11-19-16-9-14(10-16)13-3-5-15(18)6-4-13/h3-6,12,14,16-17,19H,7-11H2,1-2H3. The number of hydrogen-bond acceptors (Lipinski definition) is 2. The smallest absolute Gasteiger partial charge is 0.0406 e. The molecule has 2 aliphatic rings. The first-order chi connectivity index (χ1) is 9.63. The number of halogens is 1. The first-order valence-electron chi connectivity index (χ1n) is 7.84. The predicted octanol–water partition coefficient (Wildman–Crippen LogP) is 3.66. The Morgan fingerprint density at radius 3 is 2.50 bits per heavy atom. The summed E-state index contributed by atoms with van der Waals surface area (Å²) in [6, 6.07) is 10.6. The third-order valence-electron chi connectivity index (χ3n) is 5.00. The highest BCUT2D eigenvalue weighted by atomic mass is 35.5. The van der Waals surface area contributed by atoms with Crippen LogP contribution in [0.15, 0.2) is 24.3 Å². The summed E-state index contributed by atoms with van der Waals surface area (Å²) < 4.78 is 0. The highest BCUT2D eigenvalue weighted by molar-refractivity contribution is 6.30. The molecule has 110 valence electrons. The first kappa shape index (κ1) is 14.4. The van der Waals surface area contributed by atoms with Gasteiger partial charge in [-0.3, -0.25) is 4.90 Å². The van der Waals surface area contributed by atoms with Crippen molar-refractivity contribution in [1.82, 2.24) is 10.2 Å². The maximum absolute atomic E-state index is 5.93. The van der Waals surface area contributed by atoms with Crippen LogP contribution in [-0.2, 0) is 0 Å². The molecule has 2 aliphatic carbocycles. The van der Waals surface area contributed by atoms with Crippen molar-refractivity contribution in [3.63, 3.8) is 0 Å². The Balaban J connectivity index is 1.38. The monoisotopic (exact) mass is 292 g/mol. The van der Waals surface area contributed by atoms with Crippen molar-refractivity contribution in [2.75, 3.05) is 13.6 Å². The zero-order chi connectivity index (χ0) is 14.1. The number of hydrogen-bond donors (Lipinski definition) is 1. The minimum Gasteiger partial charge on any atom is -0.312 e. The summed E-state index contributed by atoms with van der Waals surface area (Å²) in [6.45, 7) is 3.45. The minimum atomic E-state index is 0.650. The zero-order valence-corrected chi connectivity index (χ0v) is 13.2. The van der Waals surface area contributed by atoms with E-state index < -0.39 is 0 Å². The van der Waals surface area contributed by atoms with E-state index in [1.807, 2.05) is 12.1 Å². The van der Waals surface area contributed by atoms with Crippen molar-refractivity contribution in [3.05, 3.63) is 34.9 Å². The molecule has 1 N–H and O–H groups in total. The lowest BCUT2D eigenvalue weighted by Gasteiger charge is -2.38. The summed E-state index contributed by atoms with van der Waals surface area (Å²) in [7, 11) is 2.27. The molecule has 3 heteroatoms. The van der Waals surface area contributed by atoms with Gasteiger partial charge in [0.15, 0.2) is 0 Å². The van der Waals surface area contributed by atoms with Gasteiger partial charge in [-0.05, 0) is 63.3 Å². The van der Waals surface area contributed by atoms with E-state index in [4.69, 9.17) is 11.6 Å². The third kappa shape index (κ3) is 3.36. The van der Waals surface area contributed by atoms with E-state index in [-0.39, 0.29) is 0 Å². The molecule has 2 nitrogen and oxygen atoms in total. The molecule has 1 aromatic carbocycles. The van der Waals surface area contributed by atoms with E-state index >= 15 is 0 Å². The highest BCUT2D eigenvalue weighted by Crippen LogP contribution is 2.37.